The van der Waals surface area contributed by atoms with E-state index in [0.717, 1.165) is 17.5 Å². The van der Waals surface area contributed by atoms with Crippen LogP contribution in [0.1, 0.15) is 16.9 Å². The molecule has 1 aliphatic rings. The Morgan fingerprint density at radius 2 is 2.28 bits per heavy atom. The second kappa shape index (κ2) is 5.94. The second-order valence-electron chi connectivity index (χ2n) is 6.19. The summed E-state index contributed by atoms with van der Waals surface area (Å²) in [6.45, 7) is 1.24. The molecule has 1 saturated heterocycles. The highest BCUT2D eigenvalue weighted by atomic mass is 16.2. The molecule has 0 radical (unpaired) electrons. The van der Waals surface area contributed by atoms with Crippen molar-refractivity contribution in [3.8, 4) is 17.3 Å². The first-order chi connectivity index (χ1) is 12.1. The average Bonchev–Trinajstić information content (AvgIpc) is 3.33. The van der Waals surface area contributed by atoms with Gasteiger partial charge in [0.2, 0.25) is 0 Å². The number of fused-ring (bicyclic) bond motifs is 1. The number of nitrogens with zero attached hydrogens (tertiary/aromatic N) is 6. The summed E-state index contributed by atoms with van der Waals surface area (Å²) in [5, 5.41) is 16.1. The van der Waals surface area contributed by atoms with Gasteiger partial charge in [-0.25, -0.2) is 4.98 Å². The topological polar surface area (TPSA) is 91.2 Å². The van der Waals surface area contributed by atoms with E-state index in [1.807, 2.05) is 31.6 Å². The summed E-state index contributed by atoms with van der Waals surface area (Å²) in [6.07, 6.45) is 10.0. The molecule has 0 aromatic carbocycles. The zero-order valence-corrected chi connectivity index (χ0v) is 13.8. The van der Waals surface area contributed by atoms with E-state index in [1.165, 1.54) is 0 Å². The van der Waals surface area contributed by atoms with Crippen molar-refractivity contribution < 1.29 is 4.79 Å². The molecule has 0 aliphatic carbocycles. The lowest BCUT2D eigenvalue weighted by Gasteiger charge is -2.12. The molecule has 1 N–H and O–H groups in total. The molecule has 4 rings (SSSR count). The number of imidazole rings is 1. The molecule has 8 heteroatoms. The number of likely N-dealkylation sites (tertiary alicyclic amines) is 1. The number of aromatic nitrogens is 4. The lowest BCUT2D eigenvalue weighted by atomic mass is 10.1. The van der Waals surface area contributed by atoms with E-state index in [0.29, 0.717) is 24.4 Å². The van der Waals surface area contributed by atoms with Gasteiger partial charge in [-0.05, 0) is 24.1 Å². The van der Waals surface area contributed by atoms with E-state index in [2.05, 4.69) is 21.6 Å². The van der Waals surface area contributed by atoms with E-state index in [1.54, 1.807) is 26.4 Å². The van der Waals surface area contributed by atoms with Crippen molar-refractivity contribution in [1.82, 2.24) is 29.4 Å². The number of carbonyl (C=O) groups is 1. The minimum absolute atomic E-state index is 0.00707. The molecular formula is C17H17N7O. The molecular weight excluding hydrogens is 318 g/mol. The van der Waals surface area contributed by atoms with Crippen LogP contribution in [0.4, 0.5) is 0 Å². The number of nitrogens with one attached hydrogen (secondary N) is 1. The number of hydrogen-bond acceptors (Lipinski definition) is 5. The summed E-state index contributed by atoms with van der Waals surface area (Å²) < 4.78 is 3.52. The summed E-state index contributed by atoms with van der Waals surface area (Å²) in [5.74, 6) is -0.175. The maximum atomic E-state index is 12.5. The number of hydrogen-bond donors (Lipinski definition) is 1. The van der Waals surface area contributed by atoms with E-state index in [4.69, 9.17) is 5.26 Å². The Morgan fingerprint density at radius 1 is 1.40 bits per heavy atom. The van der Waals surface area contributed by atoms with Crippen LogP contribution in [0.3, 0.4) is 0 Å². The van der Waals surface area contributed by atoms with Crippen molar-refractivity contribution in [2.45, 2.75) is 12.5 Å². The van der Waals surface area contributed by atoms with Crippen molar-refractivity contribution in [3.63, 3.8) is 0 Å². The Hall–Kier alpha value is -3.34. The third-order valence-corrected chi connectivity index (χ3v) is 4.45. The second-order valence-corrected chi connectivity index (χ2v) is 6.19. The number of rotatable bonds is 3. The molecule has 8 nitrogen and oxygen atoms in total. The fourth-order valence-corrected chi connectivity index (χ4v) is 3.13. The number of amides is 1. The lowest BCUT2D eigenvalue weighted by Crippen LogP contribution is -2.36. The van der Waals surface area contributed by atoms with Gasteiger partial charge in [0.05, 0.1) is 12.4 Å². The van der Waals surface area contributed by atoms with Gasteiger partial charge in [0, 0.05) is 44.1 Å². The minimum Gasteiger partial charge on any atom is -0.346 e. The van der Waals surface area contributed by atoms with Crippen molar-refractivity contribution in [3.05, 3.63) is 42.6 Å². The number of nitriles is 1. The largest absolute Gasteiger partial charge is 0.346 e. The van der Waals surface area contributed by atoms with Gasteiger partial charge in [-0.15, -0.1) is 0 Å². The molecule has 126 valence electrons. The summed E-state index contributed by atoms with van der Waals surface area (Å²) in [7, 11) is 1.87. The summed E-state index contributed by atoms with van der Waals surface area (Å²) in [6, 6.07) is 3.86. The molecule has 1 amide bonds. The van der Waals surface area contributed by atoms with Crippen molar-refractivity contribution in [1.29, 1.82) is 5.26 Å². The van der Waals surface area contributed by atoms with Gasteiger partial charge in [-0.3, -0.25) is 13.9 Å². The highest BCUT2D eigenvalue weighted by Crippen LogP contribution is 2.20. The number of aryl methyl sites for hydroxylation is 1. The van der Waals surface area contributed by atoms with Crippen molar-refractivity contribution in [2.75, 3.05) is 13.1 Å². The Bertz CT molecular complexity index is 980. The van der Waals surface area contributed by atoms with Crippen LogP contribution in [0.25, 0.3) is 16.8 Å². The van der Waals surface area contributed by atoms with E-state index in [9.17, 15) is 4.79 Å². The van der Waals surface area contributed by atoms with Crippen LogP contribution in [0.2, 0.25) is 0 Å². The number of carbonyl (C=O) groups excluding carboxylic acids is 1. The molecule has 0 spiro atoms. The predicted octanol–water partition coefficient (Wildman–Crippen LogP) is 1.02. The molecule has 1 unspecified atom stereocenters. The zero-order valence-electron chi connectivity index (χ0n) is 13.8. The van der Waals surface area contributed by atoms with Gasteiger partial charge >= 0.3 is 0 Å². The Morgan fingerprint density at radius 3 is 3.00 bits per heavy atom. The summed E-state index contributed by atoms with van der Waals surface area (Å²) in [4.78, 5) is 18.5. The fraction of sp³-hybridized carbons (Fsp3) is 0.294. The first kappa shape index (κ1) is 15.2. The van der Waals surface area contributed by atoms with Gasteiger partial charge < -0.3 is 10.2 Å². The molecule has 0 bridgehead atoms. The van der Waals surface area contributed by atoms with Crippen LogP contribution in [-0.4, -0.2) is 49.1 Å². The Kier molecular flexibility index (Phi) is 3.61. The standard InChI is InChI=1S/C17H17N7O/c1-22-9-13(7-20-22)12-2-5-24-15(8-19-16(24)6-12)17(25)21-14-3-4-23(10-14)11-18/h2,5-9,14H,3-4,10H2,1H3,(H,21,25). The Labute approximate surface area is 144 Å². The van der Waals surface area contributed by atoms with Crippen LogP contribution in [-0.2, 0) is 7.05 Å². The van der Waals surface area contributed by atoms with E-state index >= 15 is 0 Å². The van der Waals surface area contributed by atoms with Crippen LogP contribution in [0, 0.1) is 11.5 Å². The van der Waals surface area contributed by atoms with Gasteiger partial charge in [-0.2, -0.15) is 10.4 Å². The van der Waals surface area contributed by atoms with Crippen LogP contribution in [0.15, 0.2) is 36.9 Å². The smallest absolute Gasteiger partial charge is 0.270 e. The first-order valence-electron chi connectivity index (χ1n) is 8.06. The first-order valence-corrected chi connectivity index (χ1v) is 8.06. The van der Waals surface area contributed by atoms with Crippen molar-refractivity contribution >= 4 is 11.6 Å². The average molecular weight is 335 g/mol. The maximum Gasteiger partial charge on any atom is 0.270 e. The summed E-state index contributed by atoms with van der Waals surface area (Å²) >= 11 is 0. The molecule has 25 heavy (non-hydrogen) atoms. The maximum absolute atomic E-state index is 12.5. The van der Waals surface area contributed by atoms with E-state index in [-0.39, 0.29) is 11.9 Å². The molecule has 4 heterocycles. The molecule has 0 saturated carbocycles. The predicted molar refractivity (Wildman–Crippen MR) is 90.5 cm³/mol. The van der Waals surface area contributed by atoms with Crippen LogP contribution in [0.5, 0.6) is 0 Å². The van der Waals surface area contributed by atoms with Gasteiger partial charge in [0.25, 0.3) is 5.91 Å². The van der Waals surface area contributed by atoms with E-state index < -0.39 is 0 Å². The minimum atomic E-state index is -0.175. The molecule has 1 aliphatic heterocycles. The van der Waals surface area contributed by atoms with Crippen LogP contribution >= 0.6 is 0 Å². The zero-order chi connectivity index (χ0) is 17.4. The molecule has 3 aromatic heterocycles. The molecule has 1 fully saturated rings. The SMILES string of the molecule is Cn1cc(-c2ccn3c(C(=O)NC4CCN(C#N)C4)cnc3c2)cn1. The van der Waals surface area contributed by atoms with Crippen LogP contribution < -0.4 is 5.32 Å². The third kappa shape index (κ3) is 2.80. The third-order valence-electron chi connectivity index (χ3n) is 4.45. The normalized spacial score (nSPS) is 17.0. The fourth-order valence-electron chi connectivity index (χ4n) is 3.13. The van der Waals surface area contributed by atoms with Gasteiger partial charge in [-0.1, -0.05) is 0 Å². The molecule has 1 atom stereocenters. The highest BCUT2D eigenvalue weighted by molar-refractivity contribution is 5.93. The van der Waals surface area contributed by atoms with Crippen molar-refractivity contribution in [2.24, 2.45) is 7.05 Å². The highest BCUT2D eigenvalue weighted by Gasteiger charge is 2.24. The van der Waals surface area contributed by atoms with Gasteiger partial charge in [0.1, 0.15) is 11.3 Å². The monoisotopic (exact) mass is 335 g/mol. The lowest BCUT2D eigenvalue weighted by molar-refractivity contribution is 0.0933. The summed E-state index contributed by atoms with van der Waals surface area (Å²) in [5.41, 5.74) is 3.19. The molecule has 3 aromatic rings. The number of pyridine rings is 1. The van der Waals surface area contributed by atoms with Gasteiger partial charge in [0.15, 0.2) is 6.19 Å². The Balaban J connectivity index is 1.57. The quantitative estimate of drug-likeness (QED) is 0.722.